The third-order valence-corrected chi connectivity index (χ3v) is 2.26. The van der Waals surface area contributed by atoms with Crippen molar-refractivity contribution in [1.29, 1.82) is 0 Å². The molecule has 1 heterocycles. The van der Waals surface area contributed by atoms with Crippen LogP contribution in [0.5, 0.6) is 0 Å². The van der Waals surface area contributed by atoms with Gasteiger partial charge in [-0.15, -0.1) is 0 Å². The molecule has 1 aliphatic heterocycles. The summed E-state index contributed by atoms with van der Waals surface area (Å²) in [6, 6.07) is 0. The summed E-state index contributed by atoms with van der Waals surface area (Å²) in [4.78, 5) is 12.9. The molecule has 1 fully saturated rings. The van der Waals surface area contributed by atoms with Crippen molar-refractivity contribution >= 4 is 5.91 Å². The molecule has 1 unspecified atom stereocenters. The molecule has 0 bridgehead atoms. The normalized spacial score (nSPS) is 20.9. The second-order valence-electron chi connectivity index (χ2n) is 3.70. The van der Waals surface area contributed by atoms with Crippen LogP contribution in [0.15, 0.2) is 0 Å². The van der Waals surface area contributed by atoms with E-state index in [1.807, 2.05) is 13.8 Å². The summed E-state index contributed by atoms with van der Waals surface area (Å²) in [5.41, 5.74) is 0. The van der Waals surface area contributed by atoms with Crippen LogP contribution in [0, 0.1) is 5.92 Å². The molecular weight excluding hydrogens is 170 g/mol. The second kappa shape index (κ2) is 4.58. The van der Waals surface area contributed by atoms with Crippen molar-refractivity contribution in [3.8, 4) is 0 Å². The highest BCUT2D eigenvalue weighted by Crippen LogP contribution is 2.06. The fourth-order valence-electron chi connectivity index (χ4n) is 1.18. The number of nitrogens with zero attached hydrogens (tertiary/aromatic N) is 1. The summed E-state index contributed by atoms with van der Waals surface area (Å²) < 4.78 is 4.98. The smallest absolute Gasteiger partial charge is 0.248 e. The van der Waals surface area contributed by atoms with Gasteiger partial charge in [0.1, 0.15) is 6.61 Å². The first kappa shape index (κ1) is 10.5. The molecule has 0 aliphatic carbocycles. The maximum Gasteiger partial charge on any atom is 0.248 e. The van der Waals surface area contributed by atoms with E-state index >= 15 is 0 Å². The van der Waals surface area contributed by atoms with Gasteiger partial charge in [-0.2, -0.15) is 0 Å². The Balaban J connectivity index is 2.38. The van der Waals surface area contributed by atoms with E-state index in [0.29, 0.717) is 19.7 Å². The minimum Gasteiger partial charge on any atom is -0.391 e. The molecule has 0 aromatic rings. The quantitative estimate of drug-likeness (QED) is 0.669. The molecule has 4 heteroatoms. The molecule has 76 valence electrons. The highest BCUT2D eigenvalue weighted by molar-refractivity contribution is 5.78. The van der Waals surface area contributed by atoms with Crippen molar-refractivity contribution in [2.75, 3.05) is 26.3 Å². The van der Waals surface area contributed by atoms with E-state index < -0.39 is 6.10 Å². The summed E-state index contributed by atoms with van der Waals surface area (Å²) in [5, 5.41) is 9.56. The highest BCUT2D eigenvalue weighted by Gasteiger charge is 2.22. The first-order valence-electron chi connectivity index (χ1n) is 4.65. The maximum atomic E-state index is 11.2. The van der Waals surface area contributed by atoms with Gasteiger partial charge in [-0.3, -0.25) is 4.79 Å². The topological polar surface area (TPSA) is 49.8 Å². The Hall–Kier alpha value is -0.610. The summed E-state index contributed by atoms with van der Waals surface area (Å²) >= 11 is 0. The Morgan fingerprint density at radius 1 is 1.62 bits per heavy atom. The standard InChI is InChI=1S/C9H17NO3/c1-7(2)8(11)5-10-3-4-13-6-9(10)12/h7-8,11H,3-6H2,1-2H3. The molecule has 1 rings (SSSR count). The number of aliphatic hydroxyl groups is 1. The predicted molar refractivity (Wildman–Crippen MR) is 48.2 cm³/mol. The zero-order valence-electron chi connectivity index (χ0n) is 8.19. The Kier molecular flexibility index (Phi) is 3.69. The number of hydrogen-bond donors (Lipinski definition) is 1. The lowest BCUT2D eigenvalue weighted by Gasteiger charge is -2.29. The maximum absolute atomic E-state index is 11.2. The molecule has 1 aliphatic rings. The van der Waals surface area contributed by atoms with Gasteiger partial charge in [-0.25, -0.2) is 0 Å². The van der Waals surface area contributed by atoms with E-state index in [-0.39, 0.29) is 18.4 Å². The number of aliphatic hydroxyl groups excluding tert-OH is 1. The molecule has 0 aromatic carbocycles. The molecular formula is C9H17NO3. The van der Waals surface area contributed by atoms with Crippen molar-refractivity contribution in [1.82, 2.24) is 4.90 Å². The van der Waals surface area contributed by atoms with Gasteiger partial charge in [0, 0.05) is 13.1 Å². The lowest BCUT2D eigenvalue weighted by molar-refractivity contribution is -0.144. The Morgan fingerprint density at radius 2 is 2.31 bits per heavy atom. The number of β-amino-alcohol motifs (C(OH)–C–C–N with tert-alkyl or cyclic N) is 1. The number of rotatable bonds is 3. The van der Waals surface area contributed by atoms with Gasteiger partial charge >= 0.3 is 0 Å². The second-order valence-corrected chi connectivity index (χ2v) is 3.70. The SMILES string of the molecule is CC(C)C(O)CN1CCOCC1=O. The zero-order valence-corrected chi connectivity index (χ0v) is 8.19. The van der Waals surface area contributed by atoms with E-state index in [1.165, 1.54) is 0 Å². The van der Waals surface area contributed by atoms with E-state index in [4.69, 9.17) is 4.74 Å². The van der Waals surface area contributed by atoms with Gasteiger partial charge < -0.3 is 14.7 Å². The molecule has 1 saturated heterocycles. The van der Waals surface area contributed by atoms with Crippen LogP contribution < -0.4 is 0 Å². The molecule has 0 radical (unpaired) electrons. The fourth-order valence-corrected chi connectivity index (χ4v) is 1.18. The van der Waals surface area contributed by atoms with Crippen LogP contribution in [0.2, 0.25) is 0 Å². The number of ether oxygens (including phenoxy) is 1. The monoisotopic (exact) mass is 187 g/mol. The number of carbonyl (C=O) groups is 1. The highest BCUT2D eigenvalue weighted by atomic mass is 16.5. The van der Waals surface area contributed by atoms with E-state index in [1.54, 1.807) is 4.90 Å². The average molecular weight is 187 g/mol. The summed E-state index contributed by atoms with van der Waals surface area (Å²) in [6.07, 6.45) is -0.429. The minimum atomic E-state index is -0.429. The minimum absolute atomic E-state index is 0.0223. The molecule has 0 spiro atoms. The molecule has 1 N–H and O–H groups in total. The van der Waals surface area contributed by atoms with Gasteiger partial charge in [0.15, 0.2) is 0 Å². The molecule has 1 atom stereocenters. The van der Waals surface area contributed by atoms with Crippen LogP contribution in [0.3, 0.4) is 0 Å². The van der Waals surface area contributed by atoms with Crippen LogP contribution in [0.4, 0.5) is 0 Å². The van der Waals surface area contributed by atoms with Crippen molar-refractivity contribution in [2.24, 2.45) is 5.92 Å². The molecule has 0 saturated carbocycles. The van der Waals surface area contributed by atoms with E-state index in [0.717, 1.165) is 0 Å². The van der Waals surface area contributed by atoms with Gasteiger partial charge in [-0.1, -0.05) is 13.8 Å². The third kappa shape index (κ3) is 2.97. The lowest BCUT2D eigenvalue weighted by Crippen LogP contribution is -2.46. The Morgan fingerprint density at radius 3 is 2.85 bits per heavy atom. The molecule has 0 aromatic heterocycles. The number of amides is 1. The average Bonchev–Trinajstić information content (AvgIpc) is 2.08. The van der Waals surface area contributed by atoms with Crippen LogP contribution in [0.25, 0.3) is 0 Å². The van der Waals surface area contributed by atoms with E-state index in [9.17, 15) is 9.90 Å². The van der Waals surface area contributed by atoms with Crippen molar-refractivity contribution in [2.45, 2.75) is 20.0 Å². The van der Waals surface area contributed by atoms with Gasteiger partial charge in [0.2, 0.25) is 5.91 Å². The Bertz CT molecular complexity index is 182. The van der Waals surface area contributed by atoms with Gasteiger partial charge in [-0.05, 0) is 5.92 Å². The summed E-state index contributed by atoms with van der Waals surface area (Å²) in [6.45, 7) is 5.65. The zero-order chi connectivity index (χ0) is 9.84. The largest absolute Gasteiger partial charge is 0.391 e. The van der Waals surface area contributed by atoms with Crippen molar-refractivity contribution in [3.63, 3.8) is 0 Å². The van der Waals surface area contributed by atoms with E-state index in [2.05, 4.69) is 0 Å². The van der Waals surface area contributed by atoms with Crippen LogP contribution in [-0.4, -0.2) is 48.3 Å². The summed E-state index contributed by atoms with van der Waals surface area (Å²) in [7, 11) is 0. The number of hydrogen-bond acceptors (Lipinski definition) is 3. The van der Waals surface area contributed by atoms with Crippen molar-refractivity contribution < 1.29 is 14.6 Å². The van der Waals surface area contributed by atoms with Gasteiger partial charge in [0.05, 0.1) is 12.7 Å². The fraction of sp³-hybridized carbons (Fsp3) is 0.889. The van der Waals surface area contributed by atoms with Gasteiger partial charge in [0.25, 0.3) is 0 Å². The third-order valence-electron chi connectivity index (χ3n) is 2.26. The lowest BCUT2D eigenvalue weighted by atomic mass is 10.1. The Labute approximate surface area is 78.5 Å². The van der Waals surface area contributed by atoms with Crippen LogP contribution >= 0.6 is 0 Å². The molecule has 1 amide bonds. The van der Waals surface area contributed by atoms with Crippen molar-refractivity contribution in [3.05, 3.63) is 0 Å². The number of carbonyl (C=O) groups excluding carboxylic acids is 1. The first-order chi connectivity index (χ1) is 6.11. The molecule has 13 heavy (non-hydrogen) atoms. The first-order valence-corrected chi connectivity index (χ1v) is 4.65. The molecule has 4 nitrogen and oxygen atoms in total. The predicted octanol–water partition coefficient (Wildman–Crippen LogP) is -0.138. The summed E-state index contributed by atoms with van der Waals surface area (Å²) in [5.74, 6) is 0.168. The van der Waals surface area contributed by atoms with Crippen LogP contribution in [0.1, 0.15) is 13.8 Å². The number of morpholine rings is 1. The van der Waals surface area contributed by atoms with Crippen LogP contribution in [-0.2, 0) is 9.53 Å².